The van der Waals surface area contributed by atoms with Crippen LogP contribution in [-0.4, -0.2) is 20.4 Å². The van der Waals surface area contributed by atoms with Crippen molar-refractivity contribution in [1.82, 2.24) is 4.72 Å². The molecule has 2 aromatic rings. The van der Waals surface area contributed by atoms with Crippen molar-refractivity contribution >= 4 is 55.8 Å². The van der Waals surface area contributed by atoms with Crippen molar-refractivity contribution in [2.75, 3.05) is 5.32 Å². The molecule has 0 aliphatic rings. The second kappa shape index (κ2) is 7.61. The Kier molecular flexibility index (Phi) is 6.01. The average Bonchev–Trinajstić information content (AvgIpc) is 2.49. The molecule has 23 heavy (non-hydrogen) atoms. The molecule has 1 atom stereocenters. The number of carbonyl (C=O) groups is 1. The first kappa shape index (κ1) is 18.2. The molecule has 0 aliphatic heterocycles. The fourth-order valence-corrected chi connectivity index (χ4v) is 3.44. The monoisotopic (exact) mass is 464 g/mol. The van der Waals surface area contributed by atoms with Gasteiger partial charge in [-0.3, -0.25) is 4.79 Å². The van der Waals surface area contributed by atoms with Crippen molar-refractivity contribution in [3.8, 4) is 0 Å². The third kappa shape index (κ3) is 5.17. The van der Waals surface area contributed by atoms with Gasteiger partial charge in [-0.1, -0.05) is 11.6 Å². The zero-order chi connectivity index (χ0) is 17.0. The van der Waals surface area contributed by atoms with Crippen LogP contribution in [0, 0.1) is 3.57 Å². The Bertz CT molecular complexity index is 792. The third-order valence-corrected chi connectivity index (χ3v) is 5.49. The van der Waals surface area contributed by atoms with Gasteiger partial charge in [-0.05, 0) is 78.0 Å². The number of anilines is 1. The number of hydrogen-bond acceptors (Lipinski definition) is 3. The molecule has 0 radical (unpaired) electrons. The van der Waals surface area contributed by atoms with Gasteiger partial charge in [-0.2, -0.15) is 4.72 Å². The van der Waals surface area contributed by atoms with E-state index in [2.05, 4.69) is 32.6 Å². The molecule has 0 spiro atoms. The molecule has 0 fully saturated rings. The van der Waals surface area contributed by atoms with Crippen LogP contribution >= 0.6 is 34.2 Å². The highest BCUT2D eigenvalue weighted by molar-refractivity contribution is 14.1. The number of rotatable bonds is 5. The van der Waals surface area contributed by atoms with Crippen LogP contribution in [0.25, 0.3) is 0 Å². The smallest absolute Gasteiger partial charge is 0.242 e. The van der Waals surface area contributed by atoms with Crippen LogP contribution < -0.4 is 10.0 Å². The lowest BCUT2D eigenvalue weighted by atomic mass is 10.3. The molecule has 8 heteroatoms. The molecular weight excluding hydrogens is 451 g/mol. The fourth-order valence-electron chi connectivity index (χ4n) is 1.75. The van der Waals surface area contributed by atoms with Crippen molar-refractivity contribution in [3.05, 3.63) is 57.1 Å². The van der Waals surface area contributed by atoms with E-state index in [4.69, 9.17) is 11.6 Å². The van der Waals surface area contributed by atoms with Crippen molar-refractivity contribution < 1.29 is 13.2 Å². The zero-order valence-corrected chi connectivity index (χ0v) is 15.8. The molecule has 2 N–H and O–H groups in total. The topological polar surface area (TPSA) is 75.3 Å². The number of nitrogens with one attached hydrogen (secondary N) is 2. The molecule has 0 aromatic heterocycles. The van der Waals surface area contributed by atoms with E-state index in [1.807, 2.05) is 12.1 Å². The van der Waals surface area contributed by atoms with Gasteiger partial charge >= 0.3 is 0 Å². The highest BCUT2D eigenvalue weighted by Gasteiger charge is 2.22. The Morgan fingerprint density at radius 2 is 1.65 bits per heavy atom. The summed E-state index contributed by atoms with van der Waals surface area (Å²) in [4.78, 5) is 12.2. The van der Waals surface area contributed by atoms with Crippen LogP contribution in [0.2, 0.25) is 5.02 Å². The van der Waals surface area contributed by atoms with E-state index >= 15 is 0 Å². The number of amides is 1. The first-order valence-electron chi connectivity index (χ1n) is 6.62. The molecule has 5 nitrogen and oxygen atoms in total. The molecule has 1 amide bonds. The number of hydrogen-bond donors (Lipinski definition) is 2. The normalized spacial score (nSPS) is 12.7. The molecule has 0 unspecified atom stereocenters. The summed E-state index contributed by atoms with van der Waals surface area (Å²) in [5, 5.41) is 3.10. The zero-order valence-electron chi connectivity index (χ0n) is 12.1. The standard InChI is InChI=1S/C15H14ClIN2O3S/c1-10(15(20)18-13-6-4-12(17)5-7-13)19-23(21,22)14-8-2-11(16)3-9-14/h2-10,19H,1H3,(H,18,20)/t10-/m1/s1. The van der Waals surface area contributed by atoms with E-state index in [0.29, 0.717) is 10.7 Å². The van der Waals surface area contributed by atoms with Gasteiger partial charge in [0, 0.05) is 14.3 Å². The van der Waals surface area contributed by atoms with Crippen LogP contribution in [-0.2, 0) is 14.8 Å². The maximum absolute atomic E-state index is 12.2. The Hall–Kier alpha value is -1.16. The molecule has 0 saturated heterocycles. The predicted molar refractivity (Wildman–Crippen MR) is 99.0 cm³/mol. The van der Waals surface area contributed by atoms with Gasteiger partial charge < -0.3 is 5.32 Å². The molecule has 0 bridgehead atoms. The van der Waals surface area contributed by atoms with Crippen LogP contribution in [0.1, 0.15) is 6.92 Å². The van der Waals surface area contributed by atoms with Gasteiger partial charge in [0.1, 0.15) is 0 Å². The average molecular weight is 465 g/mol. The second-order valence-corrected chi connectivity index (χ2v) is 8.19. The molecule has 2 rings (SSSR count). The molecule has 122 valence electrons. The summed E-state index contributed by atoms with van der Waals surface area (Å²) in [6, 6.07) is 12.0. The van der Waals surface area contributed by atoms with Crippen molar-refractivity contribution in [1.29, 1.82) is 0 Å². The Labute approximate surface area is 153 Å². The largest absolute Gasteiger partial charge is 0.325 e. The SMILES string of the molecule is C[C@@H](NS(=O)(=O)c1ccc(Cl)cc1)C(=O)Nc1ccc(I)cc1. The summed E-state index contributed by atoms with van der Waals surface area (Å²) in [6.07, 6.45) is 0. The maximum atomic E-state index is 12.2. The first-order chi connectivity index (χ1) is 10.8. The minimum absolute atomic E-state index is 0.0517. The summed E-state index contributed by atoms with van der Waals surface area (Å²) in [5.41, 5.74) is 0.605. The lowest BCUT2D eigenvalue weighted by molar-refractivity contribution is -0.117. The summed E-state index contributed by atoms with van der Waals surface area (Å²) in [5.74, 6) is -0.441. The number of carbonyl (C=O) groups excluding carboxylic acids is 1. The molecule has 2 aromatic carbocycles. The van der Waals surface area contributed by atoms with Crippen LogP contribution in [0.5, 0.6) is 0 Å². The Morgan fingerprint density at radius 1 is 1.09 bits per heavy atom. The van der Waals surface area contributed by atoms with Crippen LogP contribution in [0.3, 0.4) is 0 Å². The van der Waals surface area contributed by atoms with Crippen LogP contribution in [0.15, 0.2) is 53.4 Å². The summed E-state index contributed by atoms with van der Waals surface area (Å²) >= 11 is 7.90. The minimum atomic E-state index is -3.79. The summed E-state index contributed by atoms with van der Waals surface area (Å²) in [7, 11) is -3.79. The van der Waals surface area contributed by atoms with E-state index in [1.165, 1.54) is 31.2 Å². The maximum Gasteiger partial charge on any atom is 0.242 e. The van der Waals surface area contributed by atoms with E-state index < -0.39 is 22.0 Å². The van der Waals surface area contributed by atoms with E-state index in [-0.39, 0.29) is 4.90 Å². The van der Waals surface area contributed by atoms with Gasteiger partial charge in [0.2, 0.25) is 15.9 Å². The van der Waals surface area contributed by atoms with E-state index in [0.717, 1.165) is 3.57 Å². The van der Waals surface area contributed by atoms with Gasteiger partial charge in [0.25, 0.3) is 0 Å². The molecule has 0 heterocycles. The lowest BCUT2D eigenvalue weighted by Gasteiger charge is -2.14. The Morgan fingerprint density at radius 3 is 2.22 bits per heavy atom. The highest BCUT2D eigenvalue weighted by Crippen LogP contribution is 2.15. The molecular formula is C15H14ClIN2O3S. The summed E-state index contributed by atoms with van der Waals surface area (Å²) in [6.45, 7) is 1.48. The van der Waals surface area contributed by atoms with E-state index in [9.17, 15) is 13.2 Å². The number of benzene rings is 2. The minimum Gasteiger partial charge on any atom is -0.325 e. The third-order valence-electron chi connectivity index (χ3n) is 2.96. The second-order valence-electron chi connectivity index (χ2n) is 4.79. The van der Waals surface area contributed by atoms with E-state index in [1.54, 1.807) is 12.1 Å². The Balaban J connectivity index is 2.05. The number of sulfonamides is 1. The lowest BCUT2D eigenvalue weighted by Crippen LogP contribution is -2.41. The van der Waals surface area contributed by atoms with Crippen molar-refractivity contribution in [3.63, 3.8) is 0 Å². The highest BCUT2D eigenvalue weighted by atomic mass is 127. The first-order valence-corrected chi connectivity index (χ1v) is 9.56. The molecule has 0 saturated carbocycles. The van der Waals surface area contributed by atoms with Gasteiger partial charge in [0.05, 0.1) is 10.9 Å². The quantitative estimate of drug-likeness (QED) is 0.667. The summed E-state index contributed by atoms with van der Waals surface area (Å²) < 4.78 is 27.8. The van der Waals surface area contributed by atoms with Crippen molar-refractivity contribution in [2.45, 2.75) is 17.9 Å². The number of halogens is 2. The predicted octanol–water partition coefficient (Wildman–Crippen LogP) is 3.25. The van der Waals surface area contributed by atoms with Gasteiger partial charge in [-0.15, -0.1) is 0 Å². The van der Waals surface area contributed by atoms with Gasteiger partial charge in [0.15, 0.2) is 0 Å². The molecule has 0 aliphatic carbocycles. The van der Waals surface area contributed by atoms with Crippen LogP contribution in [0.4, 0.5) is 5.69 Å². The fraction of sp³-hybridized carbons (Fsp3) is 0.133. The van der Waals surface area contributed by atoms with Crippen molar-refractivity contribution in [2.24, 2.45) is 0 Å². The van der Waals surface area contributed by atoms with Gasteiger partial charge in [-0.25, -0.2) is 8.42 Å².